The smallest absolute Gasteiger partial charge is 0.140 e. The van der Waals surface area contributed by atoms with Crippen LogP contribution in [-0.4, -0.2) is 6.04 Å². The van der Waals surface area contributed by atoms with Gasteiger partial charge in [-0.3, -0.25) is 0 Å². The van der Waals surface area contributed by atoms with Gasteiger partial charge in [-0.2, -0.15) is 0 Å². The van der Waals surface area contributed by atoms with E-state index in [2.05, 4.69) is 13.0 Å². The molecule has 2 aromatic rings. The Morgan fingerprint density at radius 3 is 2.40 bits per heavy atom. The molecule has 2 N–H and O–H groups in total. The molecule has 0 aliphatic heterocycles. The summed E-state index contributed by atoms with van der Waals surface area (Å²) < 4.78 is 6.12. The number of rotatable bonds is 4. The van der Waals surface area contributed by atoms with Gasteiger partial charge < -0.3 is 10.5 Å². The highest BCUT2D eigenvalue weighted by molar-refractivity contribution is 6.31. The summed E-state index contributed by atoms with van der Waals surface area (Å²) in [6.45, 7) is 6.03. The summed E-state index contributed by atoms with van der Waals surface area (Å²) in [5.41, 5.74) is 9.31. The van der Waals surface area contributed by atoms with Crippen LogP contribution in [0.4, 0.5) is 0 Å². The average molecular weight is 290 g/mol. The molecule has 0 aromatic heterocycles. The van der Waals surface area contributed by atoms with Crippen molar-refractivity contribution in [3.05, 3.63) is 64.2 Å². The molecule has 0 amide bonds. The fourth-order valence-corrected chi connectivity index (χ4v) is 2.47. The van der Waals surface area contributed by atoms with Crippen LogP contribution in [0.2, 0.25) is 5.02 Å². The minimum absolute atomic E-state index is 0.157. The fraction of sp³-hybridized carbons (Fsp3) is 0.294. The van der Waals surface area contributed by atoms with Crippen molar-refractivity contribution in [1.29, 1.82) is 0 Å². The summed E-state index contributed by atoms with van der Waals surface area (Å²) in [6.07, 6.45) is -0.259. The molecule has 0 saturated heterocycles. The van der Waals surface area contributed by atoms with Crippen molar-refractivity contribution < 1.29 is 4.74 Å². The average Bonchev–Trinajstić information content (AvgIpc) is 2.39. The van der Waals surface area contributed by atoms with Crippen LogP contribution >= 0.6 is 11.6 Å². The maximum atomic E-state index is 6.26. The van der Waals surface area contributed by atoms with E-state index in [9.17, 15) is 0 Å². The zero-order valence-electron chi connectivity index (χ0n) is 12.1. The molecule has 3 heteroatoms. The Morgan fingerprint density at radius 1 is 1.10 bits per heavy atom. The number of hydrogen-bond acceptors (Lipinski definition) is 2. The standard InChI is InChI=1S/C17H20ClNO/c1-11-8-9-16(12(2)10-11)20-17(13(3)19)14-6-4-5-7-15(14)18/h4-10,13,17H,19H2,1-3H3. The van der Waals surface area contributed by atoms with Crippen LogP contribution in [0.1, 0.15) is 29.7 Å². The van der Waals surface area contributed by atoms with E-state index in [1.54, 1.807) is 0 Å². The molecule has 2 rings (SSSR count). The van der Waals surface area contributed by atoms with Crippen molar-refractivity contribution in [1.82, 2.24) is 0 Å². The van der Waals surface area contributed by atoms with Crippen LogP contribution < -0.4 is 10.5 Å². The van der Waals surface area contributed by atoms with Crippen molar-refractivity contribution in [2.75, 3.05) is 0 Å². The first-order valence-electron chi connectivity index (χ1n) is 6.73. The molecule has 2 aromatic carbocycles. The van der Waals surface area contributed by atoms with E-state index in [1.807, 2.05) is 50.2 Å². The Kier molecular flexibility index (Phi) is 4.69. The molecule has 2 nitrogen and oxygen atoms in total. The van der Waals surface area contributed by atoms with E-state index in [0.29, 0.717) is 5.02 Å². The lowest BCUT2D eigenvalue weighted by molar-refractivity contribution is 0.179. The van der Waals surface area contributed by atoms with Crippen molar-refractivity contribution >= 4 is 11.6 Å². The molecule has 0 saturated carbocycles. The largest absolute Gasteiger partial charge is 0.484 e. The summed E-state index contributed by atoms with van der Waals surface area (Å²) in [7, 11) is 0. The van der Waals surface area contributed by atoms with Crippen molar-refractivity contribution in [2.24, 2.45) is 5.73 Å². The highest BCUT2D eigenvalue weighted by Gasteiger charge is 2.21. The van der Waals surface area contributed by atoms with Gasteiger partial charge in [0, 0.05) is 16.6 Å². The first-order valence-corrected chi connectivity index (χ1v) is 7.10. The predicted molar refractivity (Wildman–Crippen MR) is 84.4 cm³/mol. The molecule has 106 valence electrons. The molecule has 2 atom stereocenters. The Labute approximate surface area is 125 Å². The lowest BCUT2D eigenvalue weighted by Gasteiger charge is -2.25. The summed E-state index contributed by atoms with van der Waals surface area (Å²) in [4.78, 5) is 0. The van der Waals surface area contributed by atoms with Gasteiger partial charge in [0.15, 0.2) is 0 Å². The number of ether oxygens (including phenoxy) is 1. The van der Waals surface area contributed by atoms with Crippen LogP contribution in [0.15, 0.2) is 42.5 Å². The third-order valence-corrected chi connectivity index (χ3v) is 3.62. The Bertz CT molecular complexity index is 595. The predicted octanol–water partition coefficient (Wildman–Crippen LogP) is 4.42. The van der Waals surface area contributed by atoms with Crippen LogP contribution in [0.3, 0.4) is 0 Å². The molecule has 0 bridgehead atoms. The molecule has 0 aliphatic rings. The summed E-state index contributed by atoms with van der Waals surface area (Å²) in [5.74, 6) is 0.845. The van der Waals surface area contributed by atoms with E-state index in [1.165, 1.54) is 5.56 Å². The van der Waals surface area contributed by atoms with Gasteiger partial charge in [-0.15, -0.1) is 0 Å². The molecule has 0 aliphatic carbocycles. The summed E-state index contributed by atoms with van der Waals surface area (Å²) >= 11 is 6.26. The maximum absolute atomic E-state index is 6.26. The second-order valence-electron chi connectivity index (χ2n) is 5.19. The first-order chi connectivity index (χ1) is 9.49. The lowest BCUT2D eigenvalue weighted by Crippen LogP contribution is -2.29. The second-order valence-corrected chi connectivity index (χ2v) is 5.60. The van der Waals surface area contributed by atoms with E-state index in [4.69, 9.17) is 22.1 Å². The monoisotopic (exact) mass is 289 g/mol. The zero-order valence-corrected chi connectivity index (χ0v) is 12.8. The minimum Gasteiger partial charge on any atom is -0.484 e. The third-order valence-electron chi connectivity index (χ3n) is 3.27. The van der Waals surface area contributed by atoms with Crippen LogP contribution in [-0.2, 0) is 0 Å². The van der Waals surface area contributed by atoms with E-state index >= 15 is 0 Å². The van der Waals surface area contributed by atoms with Gasteiger partial charge in [-0.1, -0.05) is 47.5 Å². The highest BCUT2D eigenvalue weighted by Crippen LogP contribution is 2.31. The Balaban J connectivity index is 2.33. The molecule has 0 heterocycles. The molecular formula is C17H20ClNO. The first kappa shape index (κ1) is 14.9. The topological polar surface area (TPSA) is 35.2 Å². The van der Waals surface area contributed by atoms with Crippen molar-refractivity contribution in [3.63, 3.8) is 0 Å². The van der Waals surface area contributed by atoms with Gasteiger partial charge in [0.05, 0.1) is 0 Å². The highest BCUT2D eigenvalue weighted by atomic mass is 35.5. The quantitative estimate of drug-likeness (QED) is 0.904. The number of hydrogen-bond donors (Lipinski definition) is 1. The summed E-state index contributed by atoms with van der Waals surface area (Å²) in [5, 5.41) is 0.680. The van der Waals surface area contributed by atoms with Crippen LogP contribution in [0.5, 0.6) is 5.75 Å². The van der Waals surface area contributed by atoms with Gasteiger partial charge in [-0.25, -0.2) is 0 Å². The molecule has 0 radical (unpaired) electrons. The number of halogens is 1. The van der Waals surface area contributed by atoms with Crippen LogP contribution in [0.25, 0.3) is 0 Å². The molecular weight excluding hydrogens is 270 g/mol. The molecule has 20 heavy (non-hydrogen) atoms. The zero-order chi connectivity index (χ0) is 14.7. The van der Waals surface area contributed by atoms with Gasteiger partial charge in [0.25, 0.3) is 0 Å². The summed E-state index contributed by atoms with van der Waals surface area (Å²) in [6, 6.07) is 13.6. The van der Waals surface area contributed by atoms with Gasteiger partial charge >= 0.3 is 0 Å². The Morgan fingerprint density at radius 2 is 1.80 bits per heavy atom. The van der Waals surface area contributed by atoms with Gasteiger partial charge in [0.1, 0.15) is 11.9 Å². The minimum atomic E-state index is -0.259. The van der Waals surface area contributed by atoms with Crippen LogP contribution in [0, 0.1) is 13.8 Å². The third kappa shape index (κ3) is 3.33. The van der Waals surface area contributed by atoms with E-state index < -0.39 is 0 Å². The number of aryl methyl sites for hydroxylation is 2. The van der Waals surface area contributed by atoms with E-state index in [-0.39, 0.29) is 12.1 Å². The fourth-order valence-electron chi connectivity index (χ4n) is 2.23. The molecule has 0 fully saturated rings. The molecule has 2 unspecified atom stereocenters. The van der Waals surface area contributed by atoms with Crippen molar-refractivity contribution in [2.45, 2.75) is 32.9 Å². The van der Waals surface area contributed by atoms with E-state index in [0.717, 1.165) is 16.9 Å². The number of benzene rings is 2. The maximum Gasteiger partial charge on any atom is 0.140 e. The number of nitrogens with two attached hydrogens (primary N) is 1. The molecule has 0 spiro atoms. The second kappa shape index (κ2) is 6.29. The van der Waals surface area contributed by atoms with Gasteiger partial charge in [-0.05, 0) is 38.5 Å². The SMILES string of the molecule is Cc1ccc(OC(c2ccccc2Cl)C(C)N)c(C)c1. The lowest BCUT2D eigenvalue weighted by atomic mass is 10.0. The normalized spacial score (nSPS) is 13.8. The van der Waals surface area contributed by atoms with Gasteiger partial charge in [0.2, 0.25) is 0 Å². The Hall–Kier alpha value is -1.51. The van der Waals surface area contributed by atoms with Crippen molar-refractivity contribution in [3.8, 4) is 5.75 Å².